The van der Waals surface area contributed by atoms with Crippen LogP contribution in [0.15, 0.2) is 41.5 Å². The molecule has 0 saturated heterocycles. The lowest BCUT2D eigenvalue weighted by molar-refractivity contribution is -0.284. The van der Waals surface area contributed by atoms with Gasteiger partial charge >= 0.3 is 11.9 Å². The number of esters is 2. The Bertz CT molecular complexity index is 1280. The molecule has 5 rings (SSSR count). The van der Waals surface area contributed by atoms with Crippen LogP contribution in [-0.4, -0.2) is 29.4 Å². The summed E-state index contributed by atoms with van der Waals surface area (Å²) >= 11 is 0. The van der Waals surface area contributed by atoms with Crippen molar-refractivity contribution in [1.82, 2.24) is 0 Å². The van der Waals surface area contributed by atoms with Crippen molar-refractivity contribution in [2.45, 2.75) is 138 Å². The van der Waals surface area contributed by atoms with E-state index < -0.39 is 17.2 Å². The average molecular weight is 621 g/mol. The molecule has 0 bridgehead atoms. The molecular formula is C40H60O5. The largest absolute Gasteiger partial charge is 0.466 e. The first kappa shape index (κ1) is 34.2. The van der Waals surface area contributed by atoms with Crippen LogP contribution in [0.5, 0.6) is 0 Å². The minimum Gasteiger partial charge on any atom is -0.466 e. The van der Waals surface area contributed by atoms with Crippen molar-refractivity contribution in [2.75, 3.05) is 6.61 Å². The third kappa shape index (κ3) is 5.61. The van der Waals surface area contributed by atoms with Gasteiger partial charge in [-0.2, -0.15) is 0 Å². The molecule has 0 aliphatic heterocycles. The van der Waals surface area contributed by atoms with E-state index in [9.17, 15) is 14.7 Å². The third-order valence-corrected chi connectivity index (χ3v) is 13.8. The van der Waals surface area contributed by atoms with Crippen molar-refractivity contribution >= 4 is 11.9 Å². The van der Waals surface area contributed by atoms with Crippen molar-refractivity contribution in [3.63, 3.8) is 0 Å². The number of ether oxygens (including phenoxy) is 2. The SMILES string of the molecule is CCOC(=O)C[C@@]12CC[C@H]([C@H](C)CCCC(C)C)[C@@]1(C)CCC1=C2CCC2C(C)(C)[C@@](O)(OC(=O)c3ccccc3)CC[C@]12C. The lowest BCUT2D eigenvalue weighted by Crippen LogP contribution is -2.62. The van der Waals surface area contributed by atoms with Crippen LogP contribution in [0.1, 0.15) is 143 Å². The van der Waals surface area contributed by atoms with E-state index in [0.29, 0.717) is 36.8 Å². The number of hydrogen-bond acceptors (Lipinski definition) is 5. The number of carbonyl (C=O) groups excluding carboxylic acids is 2. The average Bonchev–Trinajstić information content (AvgIpc) is 3.28. The van der Waals surface area contributed by atoms with Crippen LogP contribution in [0.2, 0.25) is 0 Å². The van der Waals surface area contributed by atoms with Gasteiger partial charge in [-0.25, -0.2) is 4.79 Å². The van der Waals surface area contributed by atoms with Gasteiger partial charge in [0.2, 0.25) is 5.79 Å². The van der Waals surface area contributed by atoms with E-state index in [1.54, 1.807) is 17.7 Å². The maximum absolute atomic E-state index is 13.4. The van der Waals surface area contributed by atoms with Gasteiger partial charge in [-0.15, -0.1) is 0 Å². The monoisotopic (exact) mass is 620 g/mol. The maximum Gasteiger partial charge on any atom is 0.340 e. The van der Waals surface area contributed by atoms with E-state index in [1.807, 2.05) is 25.1 Å². The third-order valence-electron chi connectivity index (χ3n) is 13.8. The summed E-state index contributed by atoms with van der Waals surface area (Å²) in [5.41, 5.74) is 2.68. The maximum atomic E-state index is 13.4. The van der Waals surface area contributed by atoms with Crippen LogP contribution in [0, 0.1) is 45.3 Å². The molecule has 45 heavy (non-hydrogen) atoms. The Labute approximate surface area is 272 Å². The zero-order valence-corrected chi connectivity index (χ0v) is 29.5. The summed E-state index contributed by atoms with van der Waals surface area (Å²) in [7, 11) is 0. The summed E-state index contributed by atoms with van der Waals surface area (Å²) in [5.74, 6) is 0.0615. The van der Waals surface area contributed by atoms with Gasteiger partial charge in [-0.05, 0) is 98.5 Å². The van der Waals surface area contributed by atoms with Crippen LogP contribution in [-0.2, 0) is 14.3 Å². The van der Waals surface area contributed by atoms with Crippen LogP contribution >= 0.6 is 0 Å². The van der Waals surface area contributed by atoms with Gasteiger partial charge in [-0.1, -0.05) is 97.1 Å². The number of hydrogen-bond donors (Lipinski definition) is 1. The molecule has 1 aromatic carbocycles. The Morgan fingerprint density at radius 3 is 2.29 bits per heavy atom. The highest BCUT2D eigenvalue weighted by atomic mass is 16.7. The minimum absolute atomic E-state index is 0.0518. The summed E-state index contributed by atoms with van der Waals surface area (Å²) in [4.78, 5) is 26.6. The smallest absolute Gasteiger partial charge is 0.340 e. The number of allylic oxidation sites excluding steroid dienone is 2. The van der Waals surface area contributed by atoms with Crippen molar-refractivity contribution in [1.29, 1.82) is 0 Å². The van der Waals surface area contributed by atoms with Crippen LogP contribution < -0.4 is 0 Å². The standard InChI is InChI=1S/C40H60O5/c1-9-44-34(41)26-39-23-21-30(28(4)15-13-14-27(2)3)38(39,8)22-20-31-32(39)18-19-33-36(5,6)40(43,25-24-37(31,33)7)45-35(42)29-16-11-10-12-17-29/h10-12,16-17,27-28,30,33,43H,9,13-15,18-26H2,1-8H3/t28-,30-,33?,37-,38-,39-,40+/m1/s1. The summed E-state index contributed by atoms with van der Waals surface area (Å²) in [6, 6.07) is 9.00. The van der Waals surface area contributed by atoms with Crippen molar-refractivity contribution in [3.8, 4) is 0 Å². The Morgan fingerprint density at radius 2 is 1.62 bits per heavy atom. The second kappa shape index (κ2) is 12.5. The molecule has 1 N–H and O–H groups in total. The van der Waals surface area contributed by atoms with Crippen molar-refractivity contribution in [2.24, 2.45) is 45.3 Å². The molecule has 5 heteroatoms. The predicted octanol–water partition coefficient (Wildman–Crippen LogP) is 9.68. The van der Waals surface area contributed by atoms with Gasteiger partial charge in [0.1, 0.15) is 0 Å². The Balaban J connectivity index is 1.49. The molecule has 5 nitrogen and oxygen atoms in total. The molecule has 250 valence electrons. The van der Waals surface area contributed by atoms with Gasteiger partial charge < -0.3 is 14.6 Å². The van der Waals surface area contributed by atoms with Gasteiger partial charge in [0.25, 0.3) is 0 Å². The molecule has 7 atom stereocenters. The summed E-state index contributed by atoms with van der Waals surface area (Å²) in [6.45, 7) is 18.6. The lowest BCUT2D eigenvalue weighted by Gasteiger charge is -2.64. The predicted molar refractivity (Wildman–Crippen MR) is 179 cm³/mol. The molecular weight excluding hydrogens is 560 g/mol. The van der Waals surface area contributed by atoms with E-state index >= 15 is 0 Å². The molecule has 4 aliphatic carbocycles. The zero-order valence-electron chi connectivity index (χ0n) is 29.5. The van der Waals surface area contributed by atoms with Crippen LogP contribution in [0.25, 0.3) is 0 Å². The topological polar surface area (TPSA) is 72.8 Å². The Morgan fingerprint density at radius 1 is 0.911 bits per heavy atom. The van der Waals surface area contributed by atoms with Crippen LogP contribution in [0.3, 0.4) is 0 Å². The van der Waals surface area contributed by atoms with Crippen molar-refractivity contribution in [3.05, 3.63) is 47.0 Å². The highest BCUT2D eigenvalue weighted by Crippen LogP contribution is 2.74. The highest BCUT2D eigenvalue weighted by molar-refractivity contribution is 5.89. The van der Waals surface area contributed by atoms with Gasteiger partial charge in [0.05, 0.1) is 18.6 Å². The summed E-state index contributed by atoms with van der Waals surface area (Å²) in [5, 5.41) is 12.1. The van der Waals surface area contributed by atoms with E-state index in [2.05, 4.69) is 48.5 Å². The minimum atomic E-state index is -1.54. The molecule has 1 aromatic rings. The van der Waals surface area contributed by atoms with E-state index in [1.165, 1.54) is 31.3 Å². The lowest BCUT2D eigenvalue weighted by atomic mass is 9.42. The van der Waals surface area contributed by atoms with E-state index in [-0.39, 0.29) is 28.1 Å². The second-order valence-electron chi connectivity index (χ2n) is 16.7. The summed E-state index contributed by atoms with van der Waals surface area (Å²) in [6.07, 6.45) is 11.7. The number of carbonyl (C=O) groups is 2. The Kier molecular flexibility index (Phi) is 9.48. The number of benzene rings is 1. The summed E-state index contributed by atoms with van der Waals surface area (Å²) < 4.78 is 11.7. The van der Waals surface area contributed by atoms with Gasteiger partial charge in [0, 0.05) is 17.3 Å². The van der Waals surface area contributed by atoms with Gasteiger partial charge in [-0.3, -0.25) is 4.79 Å². The Hall–Kier alpha value is -2.14. The molecule has 0 aromatic heterocycles. The molecule has 4 aliphatic rings. The fourth-order valence-electron chi connectivity index (χ4n) is 11.2. The molecule has 0 radical (unpaired) electrons. The van der Waals surface area contributed by atoms with E-state index in [4.69, 9.17) is 9.47 Å². The first-order valence-electron chi connectivity index (χ1n) is 18.0. The first-order chi connectivity index (χ1) is 21.1. The second-order valence-corrected chi connectivity index (χ2v) is 16.7. The highest BCUT2D eigenvalue weighted by Gasteiger charge is 2.68. The molecule has 0 spiro atoms. The van der Waals surface area contributed by atoms with Gasteiger partial charge in [0.15, 0.2) is 0 Å². The molecule has 1 unspecified atom stereocenters. The molecule has 0 heterocycles. The van der Waals surface area contributed by atoms with E-state index in [0.717, 1.165) is 44.4 Å². The number of fused-ring (bicyclic) bond motifs is 4. The molecule has 0 amide bonds. The van der Waals surface area contributed by atoms with Crippen LogP contribution in [0.4, 0.5) is 0 Å². The fraction of sp³-hybridized carbons (Fsp3) is 0.750. The number of rotatable bonds is 10. The molecule has 2 saturated carbocycles. The fourth-order valence-corrected chi connectivity index (χ4v) is 11.2. The zero-order chi connectivity index (χ0) is 32.8. The number of aliphatic hydroxyl groups is 1. The normalized spacial score (nSPS) is 36.1. The first-order valence-corrected chi connectivity index (χ1v) is 18.0. The molecule has 2 fully saturated rings. The van der Waals surface area contributed by atoms with Crippen molar-refractivity contribution < 1.29 is 24.2 Å². The quantitative estimate of drug-likeness (QED) is 0.160.